The van der Waals surface area contributed by atoms with Crippen molar-refractivity contribution in [3.05, 3.63) is 0 Å². The van der Waals surface area contributed by atoms with Gasteiger partial charge < -0.3 is 15.7 Å². The van der Waals surface area contributed by atoms with Crippen LogP contribution in [-0.4, -0.2) is 58.5 Å². The van der Waals surface area contributed by atoms with Gasteiger partial charge in [0.25, 0.3) is 0 Å². The van der Waals surface area contributed by atoms with E-state index in [2.05, 4.69) is 22.1 Å². The van der Waals surface area contributed by atoms with Crippen molar-refractivity contribution in [2.45, 2.75) is 97.5 Å². The molecule has 0 saturated carbocycles. The number of nitrogens with one attached hydrogen (secondary N) is 2. The van der Waals surface area contributed by atoms with Crippen LogP contribution < -0.4 is 10.6 Å². The quantitative estimate of drug-likeness (QED) is 0.131. The maximum Gasteiger partial charge on any atom is 0.694 e. The smallest absolute Gasteiger partial charge is 0.383 e. The Bertz CT molecular complexity index is 620. The fourth-order valence-electron chi connectivity index (χ4n) is 3.15. The molecule has 0 saturated heterocycles. The predicted octanol–water partition coefficient (Wildman–Crippen LogP) is 3.84. The predicted molar refractivity (Wildman–Crippen MR) is 136 cm³/mol. The Kier molecular flexibility index (Phi) is 19.5. The summed E-state index contributed by atoms with van der Waals surface area (Å²) in [6.45, 7) is 5.40. The highest BCUT2D eigenvalue weighted by Crippen LogP contribution is 2.26. The Balaban J connectivity index is 3.75. The van der Waals surface area contributed by atoms with Crippen LogP contribution in [0.25, 0.3) is 0 Å². The first-order valence-corrected chi connectivity index (χ1v) is 14.4. The van der Waals surface area contributed by atoms with Crippen molar-refractivity contribution in [2.24, 2.45) is 5.41 Å². The van der Waals surface area contributed by atoms with Gasteiger partial charge in [-0.2, -0.15) is 0 Å². The van der Waals surface area contributed by atoms with Crippen LogP contribution in [0.15, 0.2) is 0 Å². The molecule has 0 aliphatic carbocycles. The number of hydrogen-bond donors (Lipinski definition) is 4. The summed E-state index contributed by atoms with van der Waals surface area (Å²) in [7, 11) is -2.82. The second-order valence-corrected chi connectivity index (χ2v) is 11.0. The lowest BCUT2D eigenvalue weighted by atomic mass is 9.87. The lowest BCUT2D eigenvalue weighted by Gasteiger charge is -2.26. The summed E-state index contributed by atoms with van der Waals surface area (Å²) >= 11 is 1.23. The highest BCUT2D eigenvalue weighted by Gasteiger charge is 2.36. The molecule has 0 bridgehead atoms. The Morgan fingerprint density at radius 3 is 2.12 bits per heavy atom. The van der Waals surface area contributed by atoms with Crippen LogP contribution in [-0.2, 0) is 23.5 Å². The molecule has 11 heteroatoms. The van der Waals surface area contributed by atoms with Gasteiger partial charge >= 0.3 is 8.25 Å². The third kappa shape index (κ3) is 18.3. The van der Waals surface area contributed by atoms with Crippen LogP contribution >= 0.6 is 20.0 Å². The Hall–Kier alpha value is -1.06. The second-order valence-electron chi connectivity index (χ2n) is 9.09. The van der Waals surface area contributed by atoms with Crippen LogP contribution in [0.3, 0.4) is 0 Å². The molecule has 0 radical (unpaired) electrons. The van der Waals surface area contributed by atoms with Crippen molar-refractivity contribution in [3.63, 3.8) is 0 Å². The monoisotopic (exact) mass is 523 g/mol. The van der Waals surface area contributed by atoms with Crippen molar-refractivity contribution in [1.29, 1.82) is 0 Å². The lowest BCUT2D eigenvalue weighted by molar-refractivity contribution is -0.136. The van der Waals surface area contributed by atoms with Crippen molar-refractivity contribution in [2.75, 3.05) is 25.4 Å². The highest BCUT2D eigenvalue weighted by molar-refractivity contribution is 8.13. The summed E-state index contributed by atoms with van der Waals surface area (Å²) in [4.78, 5) is 44.5. The minimum atomic E-state index is -2.82. The summed E-state index contributed by atoms with van der Waals surface area (Å²) in [6.07, 6.45) is 10.1. The van der Waals surface area contributed by atoms with Gasteiger partial charge in [0.05, 0.1) is 0 Å². The molecule has 0 fully saturated rings. The topological polar surface area (TPSA) is 142 Å². The van der Waals surface area contributed by atoms with E-state index < -0.39 is 25.7 Å². The molecule has 0 spiro atoms. The largest absolute Gasteiger partial charge is 0.694 e. The van der Waals surface area contributed by atoms with Gasteiger partial charge in [0.1, 0.15) is 12.7 Å². The molecule has 2 atom stereocenters. The molecule has 34 heavy (non-hydrogen) atoms. The van der Waals surface area contributed by atoms with Crippen LogP contribution in [0, 0.1) is 5.41 Å². The molecule has 0 aromatic rings. The van der Waals surface area contributed by atoms with Crippen LogP contribution in [0.4, 0.5) is 0 Å². The molecule has 0 aliphatic heterocycles. The fraction of sp³-hybridized carbons (Fsp3) is 0.870. The van der Waals surface area contributed by atoms with Crippen LogP contribution in [0.5, 0.6) is 0 Å². The molecule has 1 unspecified atom stereocenters. The zero-order valence-corrected chi connectivity index (χ0v) is 22.7. The summed E-state index contributed by atoms with van der Waals surface area (Å²) < 4.78 is 15.2. The third-order valence-corrected chi connectivity index (χ3v) is 6.64. The summed E-state index contributed by atoms with van der Waals surface area (Å²) in [5.74, 6) is -0.442. The third-order valence-electron chi connectivity index (χ3n) is 5.36. The first-order valence-electron chi connectivity index (χ1n) is 12.3. The summed E-state index contributed by atoms with van der Waals surface area (Å²) in [5, 5.41) is 15.4. The SMILES string of the molecule is CCCCCCCCCCCC(=O)SCCNC(=O)CCNC(=O)[C@H](O)C(C)(C)CO[P+](=O)O. The van der Waals surface area contributed by atoms with Gasteiger partial charge in [-0.25, -0.2) is 0 Å². The molecular formula is C23H44N2O7PS+. The fourth-order valence-corrected chi connectivity index (χ4v) is 4.31. The average Bonchev–Trinajstić information content (AvgIpc) is 2.78. The van der Waals surface area contributed by atoms with E-state index in [1.165, 1.54) is 70.6 Å². The summed E-state index contributed by atoms with van der Waals surface area (Å²) in [6, 6.07) is 0. The number of unbranched alkanes of at least 4 members (excludes halogenated alkanes) is 8. The van der Waals surface area contributed by atoms with E-state index in [1.807, 2.05) is 0 Å². The molecule has 0 aliphatic rings. The number of aliphatic hydroxyl groups is 1. The van der Waals surface area contributed by atoms with E-state index >= 15 is 0 Å². The molecule has 0 aromatic carbocycles. The number of carbonyl (C=O) groups is 3. The van der Waals surface area contributed by atoms with Gasteiger partial charge in [0.2, 0.25) is 11.8 Å². The highest BCUT2D eigenvalue weighted by atomic mass is 32.2. The van der Waals surface area contributed by atoms with Gasteiger partial charge in [0.15, 0.2) is 5.12 Å². The molecule has 0 rings (SSSR count). The number of amides is 2. The maximum atomic E-state index is 12.0. The molecule has 198 valence electrons. The van der Waals surface area contributed by atoms with E-state index in [9.17, 15) is 24.1 Å². The normalized spacial score (nSPS) is 12.8. The maximum absolute atomic E-state index is 12.0. The van der Waals surface area contributed by atoms with E-state index in [4.69, 9.17) is 4.89 Å². The Morgan fingerprint density at radius 1 is 0.941 bits per heavy atom. The van der Waals surface area contributed by atoms with Crippen LogP contribution in [0.2, 0.25) is 0 Å². The lowest BCUT2D eigenvalue weighted by Crippen LogP contribution is -2.46. The van der Waals surface area contributed by atoms with Gasteiger partial charge in [0, 0.05) is 41.7 Å². The number of thioether (sulfide) groups is 1. The number of aliphatic hydroxyl groups excluding tert-OH is 1. The van der Waals surface area contributed by atoms with Gasteiger partial charge in [-0.1, -0.05) is 83.9 Å². The first-order chi connectivity index (χ1) is 16.1. The standard InChI is InChI=1S/C23H43N2O7PS/c1-4-5-6-7-8-9-10-11-12-13-20(27)34-17-16-24-19(26)14-15-25-22(29)21(28)23(2,3)18-32-33(30)31/h21,28H,4-18H2,1-3H3,(H2-,24,25,26,29,30,31)/p+1/t21-/m0/s1. The molecule has 9 nitrogen and oxygen atoms in total. The van der Waals surface area contributed by atoms with Gasteiger partial charge in [-0.3, -0.25) is 14.4 Å². The molecule has 4 N–H and O–H groups in total. The minimum absolute atomic E-state index is 0.0367. The van der Waals surface area contributed by atoms with E-state index in [-0.39, 0.29) is 30.6 Å². The molecular weight excluding hydrogens is 479 g/mol. The van der Waals surface area contributed by atoms with Crippen molar-refractivity contribution >= 4 is 36.9 Å². The number of rotatable bonds is 21. The second kappa shape index (κ2) is 20.2. The minimum Gasteiger partial charge on any atom is -0.383 e. The Labute approximate surface area is 209 Å². The van der Waals surface area contributed by atoms with E-state index in [0.717, 1.165) is 12.8 Å². The Morgan fingerprint density at radius 2 is 1.53 bits per heavy atom. The summed E-state index contributed by atoms with van der Waals surface area (Å²) in [5.41, 5.74) is -1.07. The number of hydrogen-bond acceptors (Lipinski definition) is 7. The van der Waals surface area contributed by atoms with E-state index in [0.29, 0.717) is 18.7 Å². The average molecular weight is 524 g/mol. The van der Waals surface area contributed by atoms with Gasteiger partial charge in [-0.05, 0) is 6.42 Å². The zero-order chi connectivity index (χ0) is 25.8. The first kappa shape index (κ1) is 32.9. The number of carbonyl (C=O) groups excluding carboxylic acids is 3. The van der Waals surface area contributed by atoms with Crippen molar-refractivity contribution in [3.8, 4) is 0 Å². The van der Waals surface area contributed by atoms with Crippen molar-refractivity contribution < 1.29 is 33.5 Å². The molecule has 0 heterocycles. The zero-order valence-electron chi connectivity index (χ0n) is 21.0. The van der Waals surface area contributed by atoms with E-state index in [1.54, 1.807) is 0 Å². The molecule has 2 amide bonds. The van der Waals surface area contributed by atoms with Gasteiger partial charge in [-0.15, -0.1) is 9.42 Å². The van der Waals surface area contributed by atoms with Crippen molar-refractivity contribution in [1.82, 2.24) is 10.6 Å². The van der Waals surface area contributed by atoms with Crippen LogP contribution in [0.1, 0.15) is 91.4 Å². The molecule has 0 aromatic heterocycles.